The van der Waals surface area contributed by atoms with E-state index in [9.17, 15) is 8.42 Å². The molecule has 20 heavy (non-hydrogen) atoms. The summed E-state index contributed by atoms with van der Waals surface area (Å²) < 4.78 is 32.0. The fourth-order valence-corrected chi connectivity index (χ4v) is 3.84. The van der Waals surface area contributed by atoms with E-state index in [1.165, 1.54) is 22.6 Å². The molecule has 6 nitrogen and oxygen atoms in total. The zero-order chi connectivity index (χ0) is 14.8. The predicted octanol–water partition coefficient (Wildman–Crippen LogP) is 1.10. The van der Waals surface area contributed by atoms with Crippen molar-refractivity contribution in [2.75, 3.05) is 26.0 Å². The van der Waals surface area contributed by atoms with Gasteiger partial charge >= 0.3 is 0 Å². The molecule has 1 aromatic rings. The quantitative estimate of drug-likeness (QED) is 0.815. The van der Waals surface area contributed by atoms with Gasteiger partial charge in [-0.2, -0.15) is 4.31 Å². The van der Waals surface area contributed by atoms with Crippen molar-refractivity contribution in [3.63, 3.8) is 0 Å². The fourth-order valence-electron chi connectivity index (χ4n) is 2.22. The Balaban J connectivity index is 2.27. The number of rotatable bonds is 7. The van der Waals surface area contributed by atoms with Gasteiger partial charge in [0.2, 0.25) is 10.0 Å². The van der Waals surface area contributed by atoms with Crippen LogP contribution in [0.2, 0.25) is 0 Å². The molecule has 1 fully saturated rings. The van der Waals surface area contributed by atoms with Gasteiger partial charge in [-0.05, 0) is 37.8 Å². The smallest absolute Gasteiger partial charge is 0.244 e. The van der Waals surface area contributed by atoms with Gasteiger partial charge in [0, 0.05) is 25.9 Å². The first-order chi connectivity index (χ1) is 9.46. The molecule has 2 rings (SSSR count). The van der Waals surface area contributed by atoms with Gasteiger partial charge in [0.15, 0.2) is 0 Å². The molecule has 1 saturated carbocycles. The molecule has 0 amide bonds. The molecule has 0 bridgehead atoms. The first-order valence-electron chi connectivity index (χ1n) is 6.69. The first kappa shape index (κ1) is 15.2. The van der Waals surface area contributed by atoms with Crippen molar-refractivity contribution in [1.82, 2.24) is 9.29 Å². The van der Waals surface area contributed by atoms with E-state index >= 15 is 0 Å². The number of nitrogens with zero attached hydrogens (tertiary/aromatic N) is 2. The topological polar surface area (TPSA) is 85.5 Å². The zero-order valence-corrected chi connectivity index (χ0v) is 12.6. The summed E-state index contributed by atoms with van der Waals surface area (Å²) in [6.45, 7) is 2.68. The lowest BCUT2D eigenvalue weighted by molar-refractivity contribution is 0.164. The maximum absolute atomic E-state index is 12.7. The maximum atomic E-state index is 12.7. The van der Waals surface area contributed by atoms with Gasteiger partial charge in [-0.3, -0.25) is 0 Å². The predicted molar refractivity (Wildman–Crippen MR) is 76.6 cm³/mol. The van der Waals surface area contributed by atoms with Crippen LogP contribution in [0.5, 0.6) is 0 Å². The molecule has 1 atom stereocenters. The van der Waals surface area contributed by atoms with Crippen LogP contribution in [0.4, 0.5) is 5.82 Å². The number of pyridine rings is 1. The van der Waals surface area contributed by atoms with E-state index < -0.39 is 10.0 Å². The van der Waals surface area contributed by atoms with E-state index in [2.05, 4.69) is 4.98 Å². The van der Waals surface area contributed by atoms with Gasteiger partial charge in [0.05, 0.1) is 6.61 Å². The third-order valence-electron chi connectivity index (χ3n) is 3.64. The highest BCUT2D eigenvalue weighted by Crippen LogP contribution is 2.37. The van der Waals surface area contributed by atoms with Crippen LogP contribution < -0.4 is 5.73 Å². The monoisotopic (exact) mass is 299 g/mol. The van der Waals surface area contributed by atoms with Crippen LogP contribution in [0.25, 0.3) is 0 Å². The Kier molecular flexibility index (Phi) is 4.62. The molecule has 0 saturated heterocycles. The van der Waals surface area contributed by atoms with E-state index in [1.807, 2.05) is 6.92 Å². The number of hydrogen-bond donors (Lipinski definition) is 1. The molecule has 0 radical (unpaired) electrons. The van der Waals surface area contributed by atoms with Crippen LogP contribution in [0.1, 0.15) is 19.8 Å². The first-order valence-corrected chi connectivity index (χ1v) is 8.13. The summed E-state index contributed by atoms with van der Waals surface area (Å²) in [4.78, 5) is 4.04. The van der Waals surface area contributed by atoms with Crippen LogP contribution in [-0.4, -0.2) is 44.0 Å². The molecule has 1 unspecified atom stereocenters. The molecule has 1 aromatic heterocycles. The number of anilines is 1. The standard InChI is InChI=1S/C13H21N3O3S/c1-10(11-3-4-11)16(7-8-19-2)20(17,18)12-5-6-13(14)15-9-12/h5-6,9-11H,3-4,7-8H2,1-2H3,(H2,14,15). The molecular formula is C13H21N3O3S. The molecule has 112 valence electrons. The van der Waals surface area contributed by atoms with Crippen molar-refractivity contribution in [2.24, 2.45) is 5.92 Å². The summed E-state index contributed by atoms with van der Waals surface area (Å²) in [6.07, 6.45) is 3.48. The minimum Gasteiger partial charge on any atom is -0.384 e. The van der Waals surface area contributed by atoms with Crippen LogP contribution in [0.15, 0.2) is 23.2 Å². The highest BCUT2D eigenvalue weighted by molar-refractivity contribution is 7.89. The normalized spacial score (nSPS) is 17.4. The van der Waals surface area contributed by atoms with E-state index in [0.29, 0.717) is 24.9 Å². The largest absolute Gasteiger partial charge is 0.384 e. The molecule has 1 aliphatic carbocycles. The van der Waals surface area contributed by atoms with E-state index in [0.717, 1.165) is 12.8 Å². The Bertz CT molecular complexity index is 540. The molecule has 7 heteroatoms. The van der Waals surface area contributed by atoms with Gasteiger partial charge < -0.3 is 10.5 Å². The van der Waals surface area contributed by atoms with Crippen LogP contribution in [0, 0.1) is 5.92 Å². The van der Waals surface area contributed by atoms with Gasteiger partial charge in [-0.15, -0.1) is 0 Å². The van der Waals surface area contributed by atoms with Crippen molar-refractivity contribution in [2.45, 2.75) is 30.7 Å². The summed E-state index contributed by atoms with van der Waals surface area (Å²) in [5.74, 6) is 0.756. The third-order valence-corrected chi connectivity index (χ3v) is 5.61. The van der Waals surface area contributed by atoms with Crippen LogP contribution >= 0.6 is 0 Å². The summed E-state index contributed by atoms with van der Waals surface area (Å²) in [5, 5.41) is 0. The molecule has 0 spiro atoms. The number of hydrogen-bond acceptors (Lipinski definition) is 5. The molecule has 0 aliphatic heterocycles. The summed E-state index contributed by atoms with van der Waals surface area (Å²) >= 11 is 0. The van der Waals surface area contributed by atoms with Crippen molar-refractivity contribution >= 4 is 15.8 Å². The second kappa shape index (κ2) is 6.07. The second-order valence-electron chi connectivity index (χ2n) is 5.11. The number of aromatic nitrogens is 1. The minimum absolute atomic E-state index is 0.0206. The molecule has 1 heterocycles. The Hall–Kier alpha value is -1.18. The number of nitrogens with two attached hydrogens (primary N) is 1. The Morgan fingerprint density at radius 3 is 2.70 bits per heavy atom. The van der Waals surface area contributed by atoms with Gasteiger partial charge in [-0.25, -0.2) is 13.4 Å². The SMILES string of the molecule is COCCN(C(C)C1CC1)S(=O)(=O)c1ccc(N)nc1. The van der Waals surface area contributed by atoms with Crippen molar-refractivity contribution in [1.29, 1.82) is 0 Å². The molecule has 1 aliphatic rings. The Morgan fingerprint density at radius 1 is 1.50 bits per heavy atom. The molecular weight excluding hydrogens is 278 g/mol. The highest BCUT2D eigenvalue weighted by atomic mass is 32.2. The lowest BCUT2D eigenvalue weighted by Gasteiger charge is -2.28. The molecule has 0 aromatic carbocycles. The Labute approximate surface area is 120 Å². The van der Waals surface area contributed by atoms with E-state index in [1.54, 1.807) is 7.11 Å². The van der Waals surface area contributed by atoms with Crippen molar-refractivity contribution in [3.05, 3.63) is 18.3 Å². The lowest BCUT2D eigenvalue weighted by Crippen LogP contribution is -2.41. The van der Waals surface area contributed by atoms with Crippen molar-refractivity contribution in [3.8, 4) is 0 Å². The number of nitrogen functional groups attached to an aromatic ring is 1. The van der Waals surface area contributed by atoms with E-state index in [-0.39, 0.29) is 10.9 Å². The van der Waals surface area contributed by atoms with E-state index in [4.69, 9.17) is 10.5 Å². The minimum atomic E-state index is -3.56. The molecule has 2 N–H and O–H groups in total. The number of methoxy groups -OCH3 is 1. The highest BCUT2D eigenvalue weighted by Gasteiger charge is 2.38. The fraction of sp³-hybridized carbons (Fsp3) is 0.615. The average molecular weight is 299 g/mol. The van der Waals surface area contributed by atoms with Crippen LogP contribution in [-0.2, 0) is 14.8 Å². The summed E-state index contributed by atoms with van der Waals surface area (Å²) in [6, 6.07) is 2.98. The zero-order valence-electron chi connectivity index (χ0n) is 11.8. The Morgan fingerprint density at radius 2 is 2.20 bits per heavy atom. The van der Waals surface area contributed by atoms with Crippen LogP contribution in [0.3, 0.4) is 0 Å². The average Bonchev–Trinajstić information content (AvgIpc) is 3.23. The maximum Gasteiger partial charge on any atom is 0.244 e. The third kappa shape index (κ3) is 3.28. The number of sulfonamides is 1. The second-order valence-corrected chi connectivity index (χ2v) is 7.00. The number of ether oxygens (including phenoxy) is 1. The summed E-state index contributed by atoms with van der Waals surface area (Å²) in [5.41, 5.74) is 5.50. The van der Waals surface area contributed by atoms with Crippen molar-refractivity contribution < 1.29 is 13.2 Å². The van der Waals surface area contributed by atoms with Gasteiger partial charge in [0.1, 0.15) is 10.7 Å². The summed E-state index contributed by atoms with van der Waals surface area (Å²) in [7, 11) is -1.99. The van der Waals surface area contributed by atoms with Gasteiger partial charge in [-0.1, -0.05) is 0 Å². The van der Waals surface area contributed by atoms with Gasteiger partial charge in [0.25, 0.3) is 0 Å². The lowest BCUT2D eigenvalue weighted by atomic mass is 10.2.